The van der Waals surface area contributed by atoms with Crippen LogP contribution < -0.4 is 5.32 Å². The highest BCUT2D eigenvalue weighted by molar-refractivity contribution is 5.38. The first-order valence-electron chi connectivity index (χ1n) is 7.23. The number of nitrogens with one attached hydrogen (secondary N) is 1. The van der Waals surface area contributed by atoms with Gasteiger partial charge in [-0.15, -0.1) is 0 Å². The van der Waals surface area contributed by atoms with Crippen LogP contribution in [0.3, 0.4) is 0 Å². The van der Waals surface area contributed by atoms with E-state index in [0.29, 0.717) is 0 Å². The quantitative estimate of drug-likeness (QED) is 0.876. The third-order valence-corrected chi connectivity index (χ3v) is 3.94. The molecule has 0 spiro atoms. The highest BCUT2D eigenvalue weighted by atomic mass is 16.2. The molecule has 1 aliphatic rings. The van der Waals surface area contributed by atoms with Crippen molar-refractivity contribution in [3.63, 3.8) is 0 Å². The average Bonchev–Trinajstić information content (AvgIpc) is 2.59. The van der Waals surface area contributed by atoms with Gasteiger partial charge in [0.15, 0.2) is 0 Å². The number of benzene rings is 2. The lowest BCUT2D eigenvalue weighted by Gasteiger charge is -2.39. The summed E-state index contributed by atoms with van der Waals surface area (Å²) in [6.07, 6.45) is 3.75. The lowest BCUT2D eigenvalue weighted by atomic mass is 9.77. The van der Waals surface area contributed by atoms with Crippen molar-refractivity contribution in [2.75, 3.05) is 13.7 Å². The summed E-state index contributed by atoms with van der Waals surface area (Å²) >= 11 is 0. The van der Waals surface area contributed by atoms with Crippen LogP contribution in [-0.2, 0) is 5.54 Å². The fourth-order valence-electron chi connectivity index (χ4n) is 3.01. The van der Waals surface area contributed by atoms with E-state index >= 15 is 0 Å². The first kappa shape index (κ1) is 14.8. The van der Waals surface area contributed by atoms with Gasteiger partial charge in [-0.2, -0.15) is 0 Å². The lowest BCUT2D eigenvalue weighted by Crippen LogP contribution is -2.46. The number of piperidine rings is 1. The van der Waals surface area contributed by atoms with Crippen molar-refractivity contribution < 1.29 is 5.11 Å². The third-order valence-electron chi connectivity index (χ3n) is 3.94. The second-order valence-electron chi connectivity index (χ2n) is 5.02. The Hall–Kier alpha value is -1.64. The molecule has 106 valence electrons. The zero-order valence-corrected chi connectivity index (χ0v) is 12.0. The van der Waals surface area contributed by atoms with Crippen LogP contribution in [0.1, 0.15) is 30.4 Å². The minimum Gasteiger partial charge on any atom is -0.400 e. The summed E-state index contributed by atoms with van der Waals surface area (Å²) in [7, 11) is 1.00. The van der Waals surface area contributed by atoms with Gasteiger partial charge in [-0.25, -0.2) is 0 Å². The van der Waals surface area contributed by atoms with E-state index in [0.717, 1.165) is 13.7 Å². The van der Waals surface area contributed by atoms with Crippen LogP contribution in [0.5, 0.6) is 0 Å². The first-order chi connectivity index (χ1) is 9.92. The van der Waals surface area contributed by atoms with Crippen LogP contribution in [0.2, 0.25) is 0 Å². The summed E-state index contributed by atoms with van der Waals surface area (Å²) in [6.45, 7) is 1.10. The van der Waals surface area contributed by atoms with Crippen molar-refractivity contribution in [3.8, 4) is 0 Å². The molecule has 0 aliphatic carbocycles. The maximum atomic E-state index is 7.00. The van der Waals surface area contributed by atoms with E-state index in [1.54, 1.807) is 0 Å². The minimum absolute atomic E-state index is 0.0147. The molecule has 0 saturated carbocycles. The lowest BCUT2D eigenvalue weighted by molar-refractivity contribution is 0.310. The van der Waals surface area contributed by atoms with Crippen molar-refractivity contribution in [2.24, 2.45) is 0 Å². The van der Waals surface area contributed by atoms with E-state index in [2.05, 4.69) is 66.0 Å². The Balaban J connectivity index is 0.000000704. The molecule has 2 N–H and O–H groups in total. The summed E-state index contributed by atoms with van der Waals surface area (Å²) in [4.78, 5) is 0. The smallest absolute Gasteiger partial charge is 0.0690 e. The number of hydrogen-bond donors (Lipinski definition) is 2. The maximum Gasteiger partial charge on any atom is 0.0690 e. The largest absolute Gasteiger partial charge is 0.400 e. The molecular weight excluding hydrogens is 246 g/mol. The Morgan fingerprint density at radius 1 is 0.800 bits per heavy atom. The van der Waals surface area contributed by atoms with Crippen LogP contribution in [-0.4, -0.2) is 18.8 Å². The zero-order chi connectivity index (χ0) is 14.3. The molecule has 0 bridgehead atoms. The van der Waals surface area contributed by atoms with Crippen LogP contribution in [0.25, 0.3) is 0 Å². The van der Waals surface area contributed by atoms with Crippen LogP contribution >= 0.6 is 0 Å². The Morgan fingerprint density at radius 3 is 1.70 bits per heavy atom. The highest BCUT2D eigenvalue weighted by Crippen LogP contribution is 2.36. The minimum atomic E-state index is 0.0147. The topological polar surface area (TPSA) is 32.3 Å². The molecule has 1 fully saturated rings. The molecule has 0 amide bonds. The Labute approximate surface area is 121 Å². The highest BCUT2D eigenvalue weighted by Gasteiger charge is 2.34. The van der Waals surface area contributed by atoms with E-state index in [9.17, 15) is 0 Å². The molecule has 2 aromatic carbocycles. The summed E-state index contributed by atoms with van der Waals surface area (Å²) in [5.74, 6) is 0. The molecule has 0 radical (unpaired) electrons. The van der Waals surface area contributed by atoms with Crippen LogP contribution in [0, 0.1) is 0 Å². The molecule has 20 heavy (non-hydrogen) atoms. The van der Waals surface area contributed by atoms with Gasteiger partial charge < -0.3 is 10.4 Å². The van der Waals surface area contributed by atoms with Gasteiger partial charge in [0.25, 0.3) is 0 Å². The second kappa shape index (κ2) is 7.22. The van der Waals surface area contributed by atoms with Gasteiger partial charge in [0, 0.05) is 7.11 Å². The van der Waals surface area contributed by atoms with Crippen molar-refractivity contribution in [3.05, 3.63) is 71.8 Å². The number of aliphatic hydroxyl groups excluding tert-OH is 1. The molecule has 0 atom stereocenters. The second-order valence-corrected chi connectivity index (χ2v) is 5.02. The molecule has 0 aromatic heterocycles. The van der Waals surface area contributed by atoms with Gasteiger partial charge in [0.05, 0.1) is 5.54 Å². The normalized spacial score (nSPS) is 16.9. The fourth-order valence-corrected chi connectivity index (χ4v) is 3.01. The monoisotopic (exact) mass is 269 g/mol. The van der Waals surface area contributed by atoms with E-state index in [4.69, 9.17) is 5.11 Å². The van der Waals surface area contributed by atoms with Gasteiger partial charge in [-0.3, -0.25) is 0 Å². The molecule has 1 saturated heterocycles. The molecule has 3 rings (SSSR count). The van der Waals surface area contributed by atoms with Crippen LogP contribution in [0.4, 0.5) is 0 Å². The Bertz CT molecular complexity index is 448. The summed E-state index contributed by atoms with van der Waals surface area (Å²) in [5, 5.41) is 10.8. The number of rotatable bonds is 2. The molecule has 2 nitrogen and oxygen atoms in total. The van der Waals surface area contributed by atoms with Crippen molar-refractivity contribution >= 4 is 0 Å². The van der Waals surface area contributed by atoms with Crippen molar-refractivity contribution in [1.29, 1.82) is 0 Å². The Kier molecular flexibility index (Phi) is 5.33. The molecule has 0 unspecified atom stereocenters. The zero-order valence-electron chi connectivity index (χ0n) is 12.0. The fraction of sp³-hybridized carbons (Fsp3) is 0.333. The molecule has 2 aromatic rings. The van der Waals surface area contributed by atoms with E-state index in [1.165, 1.54) is 30.4 Å². The van der Waals surface area contributed by atoms with Gasteiger partial charge in [-0.1, -0.05) is 60.7 Å². The summed E-state index contributed by atoms with van der Waals surface area (Å²) in [6, 6.07) is 21.7. The van der Waals surface area contributed by atoms with Gasteiger partial charge in [0.2, 0.25) is 0 Å². The third kappa shape index (κ3) is 2.92. The number of aliphatic hydroxyl groups is 1. The van der Waals surface area contributed by atoms with Gasteiger partial charge >= 0.3 is 0 Å². The summed E-state index contributed by atoms with van der Waals surface area (Å²) in [5.41, 5.74) is 2.78. The molecular formula is C18H23NO. The predicted molar refractivity (Wildman–Crippen MR) is 83.7 cm³/mol. The first-order valence-corrected chi connectivity index (χ1v) is 7.23. The van der Waals surface area contributed by atoms with E-state index < -0.39 is 0 Å². The number of hydrogen-bond acceptors (Lipinski definition) is 2. The predicted octanol–water partition coefficient (Wildman–Crippen LogP) is 3.31. The molecule has 1 aliphatic heterocycles. The standard InChI is InChI=1S/C17H19N.CH4O/c1-3-9-15(10-4-1)17(13-7-8-14-18-17)16-11-5-2-6-12-16;1-2/h1-6,9-12,18H,7-8,13-14H2;2H,1H3. The average molecular weight is 269 g/mol. The van der Waals surface area contributed by atoms with E-state index in [-0.39, 0.29) is 5.54 Å². The van der Waals surface area contributed by atoms with Crippen molar-refractivity contribution in [1.82, 2.24) is 5.32 Å². The van der Waals surface area contributed by atoms with E-state index in [1.807, 2.05) is 0 Å². The molecule has 1 heterocycles. The van der Waals surface area contributed by atoms with Crippen molar-refractivity contribution in [2.45, 2.75) is 24.8 Å². The Morgan fingerprint density at radius 2 is 1.30 bits per heavy atom. The van der Waals surface area contributed by atoms with Crippen LogP contribution in [0.15, 0.2) is 60.7 Å². The van der Waals surface area contributed by atoms with Gasteiger partial charge in [0.1, 0.15) is 0 Å². The van der Waals surface area contributed by atoms with Gasteiger partial charge in [-0.05, 0) is 36.9 Å². The molecule has 2 heteroatoms. The maximum absolute atomic E-state index is 7.00. The SMILES string of the molecule is CO.c1ccc(C2(c3ccccc3)CCCCN2)cc1. The summed E-state index contributed by atoms with van der Waals surface area (Å²) < 4.78 is 0.